The van der Waals surface area contributed by atoms with Crippen LogP contribution in [0, 0.1) is 0 Å². The fourth-order valence-corrected chi connectivity index (χ4v) is 2.54. The molecular weight excluding hydrogens is 238 g/mol. The van der Waals surface area contributed by atoms with Crippen molar-refractivity contribution in [1.29, 1.82) is 0 Å². The zero-order valence-corrected chi connectivity index (χ0v) is 9.26. The fraction of sp³-hybridized carbons (Fsp3) is 0.857. The zero-order valence-electron chi connectivity index (χ0n) is 8.44. The van der Waals surface area contributed by atoms with Gasteiger partial charge in [-0.1, -0.05) is 0 Å². The molecule has 16 heavy (non-hydrogen) atoms. The van der Waals surface area contributed by atoms with Crippen molar-refractivity contribution < 1.29 is 22.0 Å². The summed E-state index contributed by atoms with van der Waals surface area (Å²) in [4.78, 5) is 13.2. The van der Waals surface area contributed by atoms with Crippen molar-refractivity contribution >= 4 is 16.4 Å². The van der Waals surface area contributed by atoms with Crippen molar-refractivity contribution in [2.75, 3.05) is 13.1 Å². The van der Waals surface area contributed by atoms with Gasteiger partial charge in [-0.05, 0) is 12.8 Å². The third-order valence-corrected chi connectivity index (χ3v) is 3.24. The van der Waals surface area contributed by atoms with Gasteiger partial charge in [0.15, 0.2) is 0 Å². The molecule has 2 atom stereocenters. The summed E-state index contributed by atoms with van der Waals surface area (Å²) in [6, 6.07) is -0.980. The Morgan fingerprint density at radius 3 is 2.75 bits per heavy atom. The summed E-state index contributed by atoms with van der Waals surface area (Å²) < 4.78 is 33.9. The molecule has 0 unspecified atom stereocenters. The van der Waals surface area contributed by atoms with E-state index >= 15 is 0 Å². The highest BCUT2D eigenvalue weighted by Gasteiger charge is 2.46. The van der Waals surface area contributed by atoms with E-state index in [1.165, 1.54) is 4.90 Å². The number of nitrogens with two attached hydrogens (primary N) is 1. The van der Waals surface area contributed by atoms with Crippen LogP contribution in [-0.4, -0.2) is 54.1 Å². The lowest BCUT2D eigenvalue weighted by Gasteiger charge is -2.28. The number of hydrogen-bond acceptors (Lipinski definition) is 5. The highest BCUT2D eigenvalue weighted by molar-refractivity contribution is 7.80. The normalized spacial score (nSPS) is 30.0. The number of hydrogen-bond donors (Lipinski definition) is 2. The molecule has 2 heterocycles. The van der Waals surface area contributed by atoms with Crippen molar-refractivity contribution in [3.63, 3.8) is 0 Å². The van der Waals surface area contributed by atoms with E-state index in [9.17, 15) is 13.2 Å². The lowest BCUT2D eigenvalue weighted by atomic mass is 10.0. The second kappa shape index (κ2) is 3.84. The summed E-state index contributed by atoms with van der Waals surface area (Å²) >= 11 is 0. The number of fused-ring (bicyclic) bond motifs is 2. The number of piperidine rings is 1. The molecule has 2 aliphatic heterocycles. The largest absolute Gasteiger partial charge is 0.418 e. The maximum Gasteiger partial charge on any atom is 0.418 e. The van der Waals surface area contributed by atoms with E-state index in [-0.39, 0.29) is 12.1 Å². The van der Waals surface area contributed by atoms with E-state index in [0.29, 0.717) is 31.0 Å². The molecule has 2 fully saturated rings. The minimum atomic E-state index is -4.66. The molecule has 0 aromatic carbocycles. The van der Waals surface area contributed by atoms with E-state index < -0.39 is 16.4 Å². The monoisotopic (exact) mass is 251 g/mol. The van der Waals surface area contributed by atoms with Gasteiger partial charge in [0.05, 0.1) is 6.04 Å². The summed E-state index contributed by atoms with van der Waals surface area (Å²) in [6.07, 6.45) is 1.32. The number of carbonyl (C=O) groups excluding carboxylic acids is 1. The molecule has 9 heteroatoms. The molecule has 92 valence electrons. The quantitative estimate of drug-likeness (QED) is 0.619. The molecule has 8 nitrogen and oxygen atoms in total. The Hall–Kier alpha value is -0.900. The number of carbonyl (C=O) groups is 1. The van der Waals surface area contributed by atoms with Gasteiger partial charge in [0.2, 0.25) is 0 Å². The molecule has 3 N–H and O–H groups in total. The fourth-order valence-electron chi connectivity index (χ4n) is 2.16. The second-order valence-corrected chi connectivity index (χ2v) is 4.89. The molecule has 2 bridgehead atoms. The molecular formula is C7H13N3O5S. The van der Waals surface area contributed by atoms with Crippen LogP contribution in [0.15, 0.2) is 0 Å². The zero-order chi connectivity index (χ0) is 11.9. The lowest BCUT2D eigenvalue weighted by Crippen LogP contribution is -2.44. The summed E-state index contributed by atoms with van der Waals surface area (Å²) in [7, 11) is -4.66. The Morgan fingerprint density at radius 1 is 1.50 bits per heavy atom. The first-order chi connectivity index (χ1) is 7.42. The van der Waals surface area contributed by atoms with E-state index in [1.54, 1.807) is 0 Å². The van der Waals surface area contributed by atoms with Crippen LogP contribution in [0.2, 0.25) is 0 Å². The highest BCUT2D eigenvalue weighted by atomic mass is 32.3. The smallest absolute Gasteiger partial charge is 0.328 e. The highest BCUT2D eigenvalue weighted by Crippen LogP contribution is 2.29. The lowest BCUT2D eigenvalue weighted by molar-refractivity contribution is -0.0317. The minimum Gasteiger partial charge on any atom is -0.328 e. The number of urea groups is 1. The molecule has 0 spiro atoms. The van der Waals surface area contributed by atoms with Crippen LogP contribution in [0.25, 0.3) is 0 Å². The van der Waals surface area contributed by atoms with Crippen molar-refractivity contribution in [1.82, 2.24) is 9.96 Å². The molecule has 0 saturated carbocycles. The van der Waals surface area contributed by atoms with Gasteiger partial charge in [-0.15, -0.1) is 4.28 Å². The molecule has 0 radical (unpaired) electrons. The average molecular weight is 251 g/mol. The number of rotatable bonds is 3. The first kappa shape index (κ1) is 11.6. The second-order valence-electron chi connectivity index (χ2n) is 3.88. The van der Waals surface area contributed by atoms with Gasteiger partial charge < -0.3 is 10.6 Å². The van der Waals surface area contributed by atoms with Crippen molar-refractivity contribution in [2.45, 2.75) is 24.9 Å². The van der Waals surface area contributed by atoms with E-state index in [4.69, 9.17) is 10.3 Å². The molecule has 2 rings (SSSR count). The van der Waals surface area contributed by atoms with Crippen molar-refractivity contribution in [2.24, 2.45) is 5.73 Å². The molecule has 2 amide bonds. The predicted octanol–water partition coefficient (Wildman–Crippen LogP) is -1.05. The van der Waals surface area contributed by atoms with E-state index in [2.05, 4.69) is 4.28 Å². The summed E-state index contributed by atoms with van der Waals surface area (Å²) in [5, 5.41) is 0.713. The van der Waals surface area contributed by atoms with Gasteiger partial charge in [-0.3, -0.25) is 4.55 Å². The molecule has 0 aromatic rings. The van der Waals surface area contributed by atoms with Crippen molar-refractivity contribution in [3.05, 3.63) is 0 Å². The third kappa shape index (κ3) is 1.98. The molecule has 0 aromatic heterocycles. The van der Waals surface area contributed by atoms with Crippen LogP contribution in [0.5, 0.6) is 0 Å². The van der Waals surface area contributed by atoms with E-state index in [1.807, 2.05) is 0 Å². The van der Waals surface area contributed by atoms with Crippen LogP contribution in [0.3, 0.4) is 0 Å². The molecule has 0 aliphatic carbocycles. The van der Waals surface area contributed by atoms with Gasteiger partial charge in [-0.2, -0.15) is 13.5 Å². The summed E-state index contributed by atoms with van der Waals surface area (Å²) in [5.74, 6) is 0. The first-order valence-electron chi connectivity index (χ1n) is 4.89. The van der Waals surface area contributed by atoms with Gasteiger partial charge >= 0.3 is 16.4 Å². The van der Waals surface area contributed by atoms with E-state index in [0.717, 1.165) is 0 Å². The van der Waals surface area contributed by atoms with Crippen LogP contribution in [-0.2, 0) is 14.7 Å². The Kier molecular flexibility index (Phi) is 2.78. The third-order valence-electron chi connectivity index (χ3n) is 2.89. The summed E-state index contributed by atoms with van der Waals surface area (Å²) in [6.45, 7) is 0.717. The SMILES string of the molecule is NC[C@@H]1CC[C@H]2CN1C(=O)N2OS(=O)(=O)O. The average Bonchev–Trinajstić information content (AvgIpc) is 2.43. The van der Waals surface area contributed by atoms with Gasteiger partial charge in [0.25, 0.3) is 0 Å². The predicted molar refractivity (Wildman–Crippen MR) is 52.4 cm³/mol. The van der Waals surface area contributed by atoms with Crippen LogP contribution < -0.4 is 5.73 Å². The number of hydroxylamine groups is 2. The molecule has 2 saturated heterocycles. The van der Waals surface area contributed by atoms with Gasteiger partial charge in [0.1, 0.15) is 0 Å². The maximum absolute atomic E-state index is 11.7. The maximum atomic E-state index is 11.7. The first-order valence-corrected chi connectivity index (χ1v) is 6.26. The Bertz CT molecular complexity index is 397. The Labute approximate surface area is 92.8 Å². The van der Waals surface area contributed by atoms with Crippen LogP contribution in [0.4, 0.5) is 4.79 Å². The van der Waals surface area contributed by atoms with Crippen molar-refractivity contribution in [3.8, 4) is 0 Å². The van der Waals surface area contributed by atoms with Gasteiger partial charge in [-0.25, -0.2) is 4.79 Å². The van der Waals surface area contributed by atoms with Crippen LogP contribution in [0.1, 0.15) is 12.8 Å². The molecule has 2 aliphatic rings. The minimum absolute atomic E-state index is 0.0845. The standard InChI is InChI=1S/C7H13N3O5S/c8-3-5-1-2-6-4-9(5)7(11)10(6)15-16(12,13)14/h5-6H,1-4,8H2,(H,12,13,14)/t5-,6-/m0/s1. The van der Waals surface area contributed by atoms with Crippen LogP contribution >= 0.6 is 0 Å². The summed E-state index contributed by atoms with van der Waals surface area (Å²) in [5.41, 5.74) is 5.50. The number of nitrogens with zero attached hydrogens (tertiary/aromatic N) is 2. The topological polar surface area (TPSA) is 113 Å². The Morgan fingerprint density at radius 2 is 2.19 bits per heavy atom. The Balaban J connectivity index is 2.16. The number of amides is 2. The van der Waals surface area contributed by atoms with Gasteiger partial charge in [0, 0.05) is 19.1 Å².